The number of carbonyl (C=O) groups excluding carboxylic acids is 2. The maximum atomic E-state index is 12.5. The van der Waals surface area contributed by atoms with Gasteiger partial charge in [0.2, 0.25) is 5.78 Å². The van der Waals surface area contributed by atoms with Gasteiger partial charge < -0.3 is 14.8 Å². The highest BCUT2D eigenvalue weighted by Gasteiger charge is 2.17. The van der Waals surface area contributed by atoms with Gasteiger partial charge in [0.15, 0.2) is 6.10 Å². The van der Waals surface area contributed by atoms with Crippen LogP contribution in [0.2, 0.25) is 10.0 Å². The van der Waals surface area contributed by atoms with Crippen LogP contribution in [-0.2, 0) is 0 Å². The molecule has 5 nitrogen and oxygen atoms in total. The van der Waals surface area contributed by atoms with E-state index in [0.29, 0.717) is 38.4 Å². The standard InChI is InChI=1S/C23H19Cl2NO4/c1-14(22(27)15-3-8-18(29-2)9-4-15)30-19-10-6-17(7-11-19)26-23(28)16-5-12-20(24)21(25)13-16/h3-14H,1-2H3,(H,26,28). The molecule has 1 amide bonds. The van der Waals surface area contributed by atoms with Crippen LogP contribution >= 0.6 is 23.2 Å². The quantitative estimate of drug-likeness (QED) is 0.461. The first-order valence-electron chi connectivity index (χ1n) is 9.09. The van der Waals surface area contributed by atoms with Gasteiger partial charge in [-0.3, -0.25) is 9.59 Å². The van der Waals surface area contributed by atoms with Gasteiger partial charge in [0, 0.05) is 16.8 Å². The van der Waals surface area contributed by atoms with Gasteiger partial charge in [0.1, 0.15) is 11.5 Å². The summed E-state index contributed by atoms with van der Waals surface area (Å²) in [6.07, 6.45) is -0.671. The van der Waals surface area contributed by atoms with Crippen LogP contribution in [0.25, 0.3) is 0 Å². The van der Waals surface area contributed by atoms with Crippen LogP contribution in [-0.4, -0.2) is 24.9 Å². The first-order valence-corrected chi connectivity index (χ1v) is 9.84. The minimum atomic E-state index is -0.671. The van der Waals surface area contributed by atoms with Gasteiger partial charge in [-0.25, -0.2) is 0 Å². The number of rotatable bonds is 7. The van der Waals surface area contributed by atoms with Crippen molar-refractivity contribution in [1.29, 1.82) is 0 Å². The Morgan fingerprint density at radius 1 is 0.833 bits per heavy atom. The van der Waals surface area contributed by atoms with Crippen molar-refractivity contribution in [2.75, 3.05) is 12.4 Å². The van der Waals surface area contributed by atoms with E-state index in [1.807, 2.05) is 0 Å². The molecule has 154 valence electrons. The smallest absolute Gasteiger partial charge is 0.255 e. The van der Waals surface area contributed by atoms with Crippen LogP contribution < -0.4 is 14.8 Å². The van der Waals surface area contributed by atoms with E-state index in [9.17, 15) is 9.59 Å². The maximum absolute atomic E-state index is 12.5. The molecule has 0 aliphatic carbocycles. The van der Waals surface area contributed by atoms with E-state index in [1.54, 1.807) is 74.7 Å². The number of Topliss-reactive ketones (excluding diaryl/α,β-unsaturated/α-hetero) is 1. The van der Waals surface area contributed by atoms with E-state index < -0.39 is 6.10 Å². The number of methoxy groups -OCH3 is 1. The molecule has 1 atom stereocenters. The number of hydrogen-bond donors (Lipinski definition) is 1. The molecule has 0 fully saturated rings. The number of amides is 1. The predicted molar refractivity (Wildman–Crippen MR) is 118 cm³/mol. The average molecular weight is 444 g/mol. The molecule has 3 aromatic rings. The van der Waals surface area contributed by atoms with E-state index in [-0.39, 0.29) is 11.7 Å². The van der Waals surface area contributed by atoms with Crippen molar-refractivity contribution in [2.45, 2.75) is 13.0 Å². The predicted octanol–water partition coefficient (Wildman–Crippen LogP) is 5.90. The zero-order chi connectivity index (χ0) is 21.7. The van der Waals surface area contributed by atoms with E-state index >= 15 is 0 Å². The average Bonchev–Trinajstić information content (AvgIpc) is 2.76. The fraction of sp³-hybridized carbons (Fsp3) is 0.130. The summed E-state index contributed by atoms with van der Waals surface area (Å²) in [5.74, 6) is 0.732. The fourth-order valence-corrected chi connectivity index (χ4v) is 3.00. The van der Waals surface area contributed by atoms with Gasteiger partial charge in [0.05, 0.1) is 17.2 Å². The third-order valence-electron chi connectivity index (χ3n) is 4.35. The highest BCUT2D eigenvalue weighted by atomic mass is 35.5. The van der Waals surface area contributed by atoms with Crippen molar-refractivity contribution in [3.63, 3.8) is 0 Å². The molecule has 0 bridgehead atoms. The summed E-state index contributed by atoms with van der Waals surface area (Å²) in [6.45, 7) is 1.69. The second-order valence-corrected chi connectivity index (χ2v) is 7.27. The van der Waals surface area contributed by atoms with Gasteiger partial charge in [-0.05, 0) is 73.7 Å². The minimum absolute atomic E-state index is 0.144. The largest absolute Gasteiger partial charge is 0.497 e. The van der Waals surface area contributed by atoms with Gasteiger partial charge in [0.25, 0.3) is 5.91 Å². The molecular weight excluding hydrogens is 425 g/mol. The highest BCUT2D eigenvalue weighted by Crippen LogP contribution is 2.24. The van der Waals surface area contributed by atoms with E-state index in [0.717, 1.165) is 0 Å². The summed E-state index contributed by atoms with van der Waals surface area (Å²) < 4.78 is 10.8. The Bertz CT molecular complexity index is 1050. The molecule has 0 saturated heterocycles. The van der Waals surface area contributed by atoms with Gasteiger partial charge >= 0.3 is 0 Å². The van der Waals surface area contributed by atoms with Crippen LogP contribution in [0.5, 0.6) is 11.5 Å². The zero-order valence-corrected chi connectivity index (χ0v) is 17.8. The lowest BCUT2D eigenvalue weighted by molar-refractivity contribution is 0.0818. The van der Waals surface area contributed by atoms with E-state index in [2.05, 4.69) is 5.32 Å². The number of carbonyl (C=O) groups is 2. The first kappa shape index (κ1) is 21.7. The Morgan fingerprint density at radius 2 is 1.43 bits per heavy atom. The van der Waals surface area contributed by atoms with Gasteiger partial charge in [-0.15, -0.1) is 0 Å². The topological polar surface area (TPSA) is 64.6 Å². The fourth-order valence-electron chi connectivity index (χ4n) is 2.71. The lowest BCUT2D eigenvalue weighted by Gasteiger charge is -2.14. The van der Waals surface area contributed by atoms with E-state index in [4.69, 9.17) is 32.7 Å². The molecule has 1 unspecified atom stereocenters. The molecule has 0 radical (unpaired) electrons. The number of nitrogens with one attached hydrogen (secondary N) is 1. The number of anilines is 1. The summed E-state index contributed by atoms with van der Waals surface area (Å²) in [7, 11) is 1.57. The summed E-state index contributed by atoms with van der Waals surface area (Å²) >= 11 is 11.8. The molecule has 1 N–H and O–H groups in total. The van der Waals surface area contributed by atoms with Crippen molar-refractivity contribution < 1.29 is 19.1 Å². The third kappa shape index (κ3) is 5.32. The molecule has 0 heterocycles. The number of ether oxygens (including phenoxy) is 2. The van der Waals surface area contributed by atoms with Crippen molar-refractivity contribution in [3.8, 4) is 11.5 Å². The zero-order valence-electron chi connectivity index (χ0n) is 16.3. The van der Waals surface area contributed by atoms with E-state index in [1.165, 1.54) is 6.07 Å². The Hall–Kier alpha value is -3.02. The Labute approximate surface area is 184 Å². The van der Waals surface area contributed by atoms with Crippen molar-refractivity contribution in [1.82, 2.24) is 0 Å². The monoisotopic (exact) mass is 443 g/mol. The first-order chi connectivity index (χ1) is 14.4. The van der Waals surface area contributed by atoms with Gasteiger partial charge in [-0.1, -0.05) is 23.2 Å². The van der Waals surface area contributed by atoms with Crippen molar-refractivity contribution >= 4 is 40.6 Å². The SMILES string of the molecule is COc1ccc(C(=O)C(C)Oc2ccc(NC(=O)c3ccc(Cl)c(Cl)c3)cc2)cc1. The number of hydrogen-bond acceptors (Lipinski definition) is 4. The van der Waals surface area contributed by atoms with Gasteiger partial charge in [-0.2, -0.15) is 0 Å². The van der Waals surface area contributed by atoms with Crippen molar-refractivity contribution in [3.05, 3.63) is 87.9 Å². The van der Waals surface area contributed by atoms with Crippen LogP contribution in [0, 0.1) is 0 Å². The Balaban J connectivity index is 1.61. The lowest BCUT2D eigenvalue weighted by atomic mass is 10.1. The number of ketones is 1. The summed E-state index contributed by atoms with van der Waals surface area (Å²) in [5, 5.41) is 3.46. The molecule has 3 aromatic carbocycles. The molecule has 30 heavy (non-hydrogen) atoms. The minimum Gasteiger partial charge on any atom is -0.497 e. The molecule has 0 aliphatic rings. The normalized spacial score (nSPS) is 11.5. The van der Waals surface area contributed by atoms with Crippen LogP contribution in [0.4, 0.5) is 5.69 Å². The van der Waals surface area contributed by atoms with Crippen LogP contribution in [0.15, 0.2) is 66.7 Å². The molecule has 0 aliphatic heterocycles. The molecule has 0 saturated carbocycles. The number of benzene rings is 3. The summed E-state index contributed by atoms with van der Waals surface area (Å²) in [6, 6.07) is 18.3. The van der Waals surface area contributed by atoms with Crippen LogP contribution in [0.1, 0.15) is 27.6 Å². The van der Waals surface area contributed by atoms with Crippen LogP contribution in [0.3, 0.4) is 0 Å². The third-order valence-corrected chi connectivity index (χ3v) is 5.09. The molecule has 0 aromatic heterocycles. The second kappa shape index (κ2) is 9.65. The highest BCUT2D eigenvalue weighted by molar-refractivity contribution is 6.42. The summed E-state index contributed by atoms with van der Waals surface area (Å²) in [5.41, 5.74) is 1.50. The lowest BCUT2D eigenvalue weighted by Crippen LogP contribution is -2.23. The maximum Gasteiger partial charge on any atom is 0.255 e. The summed E-state index contributed by atoms with van der Waals surface area (Å²) in [4.78, 5) is 24.9. The molecule has 7 heteroatoms. The Morgan fingerprint density at radius 3 is 2.03 bits per heavy atom. The molecular formula is C23H19Cl2NO4. The number of halogens is 2. The van der Waals surface area contributed by atoms with Crippen molar-refractivity contribution in [2.24, 2.45) is 0 Å². The molecule has 3 rings (SSSR count). The second-order valence-electron chi connectivity index (χ2n) is 6.46. The Kier molecular flexibility index (Phi) is 6.98. The molecule has 0 spiro atoms.